The molecule has 0 spiro atoms. The average Bonchev–Trinajstić information content (AvgIpc) is 0.722. The van der Waals surface area contributed by atoms with Crippen LogP contribution in [0.25, 0.3) is 0 Å². The van der Waals surface area contributed by atoms with Crippen LogP contribution in [0.2, 0.25) is 0 Å². The fourth-order valence-electron chi connectivity index (χ4n) is 0. The molecule has 3 nitrogen and oxygen atoms in total. The van der Waals surface area contributed by atoms with Gasteiger partial charge < -0.3 is 0 Å². The maximum atomic E-state index is 9.19. The molecule has 0 saturated heterocycles. The van der Waals surface area contributed by atoms with Crippen LogP contribution in [0.4, 0.5) is 0 Å². The molecule has 0 radical (unpaired) electrons. The fourth-order valence-corrected chi connectivity index (χ4v) is 0. The molecule has 0 saturated carbocycles. The molecule has 0 heterocycles. The predicted molar refractivity (Wildman–Crippen MR) is 24.6 cm³/mol. The molecule has 0 amide bonds. The molecule has 0 aromatic carbocycles. The van der Waals surface area contributed by atoms with E-state index in [1.807, 2.05) is 0 Å². The van der Waals surface area contributed by atoms with Gasteiger partial charge in [-0.2, -0.15) is 8.42 Å². The third-order valence-electron chi connectivity index (χ3n) is 0. The summed E-state index contributed by atoms with van der Waals surface area (Å²) in [4.78, 5) is 0. The van der Waals surface area contributed by atoms with Crippen molar-refractivity contribution < 1.29 is 13.0 Å². The number of rotatable bonds is 0. The van der Waals surface area contributed by atoms with Gasteiger partial charge in [-0.15, -0.1) is 0 Å². The minimum absolute atomic E-state index is 0. The van der Waals surface area contributed by atoms with Crippen LogP contribution in [-0.2, 0) is 10.1 Å². The van der Waals surface area contributed by atoms with Crippen molar-refractivity contribution >= 4 is 61.5 Å². The van der Waals surface area contributed by atoms with E-state index < -0.39 is 10.1 Å². The van der Waals surface area contributed by atoms with Crippen LogP contribution < -0.4 is 0 Å². The van der Waals surface area contributed by atoms with E-state index >= 15 is 0 Å². The maximum absolute atomic E-state index is 9.19. The van der Waals surface area contributed by atoms with Crippen LogP contribution in [0.15, 0.2) is 0 Å². The van der Waals surface area contributed by atoms with E-state index in [0.29, 0.717) is 6.26 Å². The molecule has 0 aliphatic heterocycles. The van der Waals surface area contributed by atoms with E-state index in [2.05, 4.69) is 0 Å². The first kappa shape index (κ1) is 10.5. The molecule has 0 fully saturated rings. The van der Waals surface area contributed by atoms with Gasteiger partial charge in [0.15, 0.2) is 0 Å². The van der Waals surface area contributed by atoms with Crippen LogP contribution >= 0.6 is 0 Å². The minimum atomic E-state index is -3.67. The van der Waals surface area contributed by atoms with E-state index in [-0.39, 0.29) is 51.4 Å². The van der Waals surface area contributed by atoms with Crippen LogP contribution in [0.1, 0.15) is 0 Å². The molecule has 1 N–H and O–H groups in total. The molecule has 0 rings (SSSR count). The Morgan fingerprint density at radius 3 is 1.50 bits per heavy atom. The van der Waals surface area contributed by atoms with Gasteiger partial charge >= 0.3 is 51.4 Å². The molecular formula is CH5KO3S. The van der Waals surface area contributed by atoms with E-state index in [4.69, 9.17) is 4.55 Å². The molecular weight excluding hydrogens is 131 g/mol. The van der Waals surface area contributed by atoms with Gasteiger partial charge in [0.25, 0.3) is 10.1 Å². The molecule has 0 aliphatic rings. The molecule has 0 bridgehead atoms. The van der Waals surface area contributed by atoms with E-state index in [1.165, 1.54) is 0 Å². The van der Waals surface area contributed by atoms with Crippen molar-refractivity contribution in [3.63, 3.8) is 0 Å². The monoisotopic (exact) mass is 136 g/mol. The second kappa shape index (κ2) is 3.54. The Kier molecular flexibility index (Phi) is 6.20. The van der Waals surface area contributed by atoms with Gasteiger partial charge in [-0.3, -0.25) is 4.55 Å². The molecule has 0 atom stereocenters. The van der Waals surface area contributed by atoms with Gasteiger partial charge in [0.1, 0.15) is 0 Å². The second-order valence-corrected chi connectivity index (χ2v) is 2.20. The molecule has 34 valence electrons. The summed E-state index contributed by atoms with van der Waals surface area (Å²) >= 11 is 0. The normalized spacial score (nSPS) is 9.67. The van der Waals surface area contributed by atoms with Crippen molar-refractivity contribution in [2.24, 2.45) is 0 Å². The van der Waals surface area contributed by atoms with E-state index in [1.54, 1.807) is 0 Å². The molecule has 6 heavy (non-hydrogen) atoms. The van der Waals surface area contributed by atoms with Gasteiger partial charge in [0.2, 0.25) is 0 Å². The SMILES string of the molecule is CS(=O)(=O)O.[KH]. The second-order valence-electron chi connectivity index (χ2n) is 0.733. The summed E-state index contributed by atoms with van der Waals surface area (Å²) in [6.07, 6.45) is 0.715. The summed E-state index contributed by atoms with van der Waals surface area (Å²) in [5, 5.41) is 0. The zero-order valence-corrected chi connectivity index (χ0v) is 3.49. The first-order valence-corrected chi connectivity index (χ1v) is 2.77. The fraction of sp³-hybridized carbons (Fsp3) is 1.00. The Labute approximate surface area is 79.3 Å². The van der Waals surface area contributed by atoms with Crippen molar-refractivity contribution in [3.05, 3.63) is 0 Å². The van der Waals surface area contributed by atoms with Gasteiger partial charge in [-0.25, -0.2) is 0 Å². The first-order chi connectivity index (χ1) is 2.00. The van der Waals surface area contributed by atoms with Gasteiger partial charge in [-0.05, 0) is 0 Å². The third kappa shape index (κ3) is 47.9. The molecule has 5 heteroatoms. The average molecular weight is 136 g/mol. The third-order valence-corrected chi connectivity index (χ3v) is 0. The Morgan fingerprint density at radius 1 is 1.50 bits per heavy atom. The molecule has 0 unspecified atom stereocenters. The van der Waals surface area contributed by atoms with Crippen molar-refractivity contribution in [2.45, 2.75) is 0 Å². The topological polar surface area (TPSA) is 54.4 Å². The molecule has 0 aromatic heterocycles. The van der Waals surface area contributed by atoms with Crippen molar-refractivity contribution in [1.82, 2.24) is 0 Å². The van der Waals surface area contributed by atoms with Crippen LogP contribution in [0.5, 0.6) is 0 Å². The summed E-state index contributed by atoms with van der Waals surface area (Å²) in [5.41, 5.74) is 0. The Hall–Kier alpha value is 1.55. The summed E-state index contributed by atoms with van der Waals surface area (Å²) < 4.78 is 25.9. The van der Waals surface area contributed by atoms with Crippen molar-refractivity contribution in [3.8, 4) is 0 Å². The van der Waals surface area contributed by atoms with Crippen LogP contribution in [-0.4, -0.2) is 70.6 Å². The van der Waals surface area contributed by atoms with Crippen molar-refractivity contribution in [2.75, 3.05) is 6.26 Å². The first-order valence-electron chi connectivity index (χ1n) is 0.924. The standard InChI is InChI=1S/CH4O3S.K.H/c1-5(2,3)4;;/h1H3,(H,2,3,4);;. The Morgan fingerprint density at radius 2 is 1.50 bits per heavy atom. The quantitative estimate of drug-likeness (QED) is 0.338. The van der Waals surface area contributed by atoms with Gasteiger partial charge in [-0.1, -0.05) is 0 Å². The summed E-state index contributed by atoms with van der Waals surface area (Å²) in [6, 6.07) is 0. The zero-order chi connectivity index (χ0) is 4.50. The zero-order valence-electron chi connectivity index (χ0n) is 2.67. The predicted octanol–water partition coefficient (Wildman–Crippen LogP) is -1.14. The summed E-state index contributed by atoms with van der Waals surface area (Å²) in [5.74, 6) is 0. The molecule has 0 aliphatic carbocycles. The summed E-state index contributed by atoms with van der Waals surface area (Å²) in [6.45, 7) is 0. The van der Waals surface area contributed by atoms with E-state index in [9.17, 15) is 8.42 Å². The number of hydrogen-bond acceptors (Lipinski definition) is 2. The Balaban J connectivity index is 0. The van der Waals surface area contributed by atoms with Crippen LogP contribution in [0, 0.1) is 0 Å². The number of hydrogen-bond donors (Lipinski definition) is 1. The van der Waals surface area contributed by atoms with Gasteiger partial charge in [0, 0.05) is 0 Å². The summed E-state index contributed by atoms with van der Waals surface area (Å²) in [7, 11) is -3.67. The van der Waals surface area contributed by atoms with Crippen LogP contribution in [0.3, 0.4) is 0 Å². The molecule has 0 aromatic rings. The van der Waals surface area contributed by atoms with Crippen molar-refractivity contribution in [1.29, 1.82) is 0 Å². The van der Waals surface area contributed by atoms with E-state index in [0.717, 1.165) is 0 Å². The van der Waals surface area contributed by atoms with Gasteiger partial charge in [0.05, 0.1) is 6.26 Å². The Bertz CT molecular complexity index is 94.0.